The lowest BCUT2D eigenvalue weighted by molar-refractivity contribution is -0.360. The summed E-state index contributed by atoms with van der Waals surface area (Å²) in [6.45, 7) is 1.69. The lowest BCUT2D eigenvalue weighted by Gasteiger charge is -2.20. The maximum Gasteiger partial charge on any atom is 0.499 e. The fourth-order valence-electron chi connectivity index (χ4n) is 2.53. The van der Waals surface area contributed by atoms with E-state index >= 15 is 0 Å². The van der Waals surface area contributed by atoms with Crippen molar-refractivity contribution in [2.45, 2.75) is 19.2 Å². The van der Waals surface area contributed by atoms with E-state index in [4.69, 9.17) is 5.53 Å². The van der Waals surface area contributed by atoms with Crippen LogP contribution in [0.1, 0.15) is 15.9 Å². The molecule has 0 aliphatic heterocycles. The second-order valence-corrected chi connectivity index (χ2v) is 6.15. The molecule has 0 saturated heterocycles. The minimum absolute atomic E-state index is 0.185. The van der Waals surface area contributed by atoms with E-state index in [1.54, 1.807) is 13.0 Å². The number of hydrogen-bond acceptors (Lipinski definition) is 4. The number of ether oxygens (including phenoxy) is 1. The lowest BCUT2D eigenvalue weighted by atomic mass is 10.0. The van der Waals surface area contributed by atoms with Crippen LogP contribution in [0.4, 0.5) is 22.0 Å². The predicted molar refractivity (Wildman–Crippen MR) is 96.6 cm³/mol. The Labute approximate surface area is 170 Å². The van der Waals surface area contributed by atoms with Crippen molar-refractivity contribution in [2.24, 2.45) is 5.11 Å². The van der Waals surface area contributed by atoms with Gasteiger partial charge in [0.1, 0.15) is 12.1 Å². The molecule has 2 aromatic carbocycles. The van der Waals surface area contributed by atoms with E-state index in [0.29, 0.717) is 16.8 Å². The van der Waals surface area contributed by atoms with E-state index in [2.05, 4.69) is 24.8 Å². The molecule has 31 heavy (non-hydrogen) atoms. The molecule has 3 rings (SSSR count). The van der Waals surface area contributed by atoms with Gasteiger partial charge in [0.15, 0.2) is 5.82 Å². The highest BCUT2D eigenvalue weighted by molar-refractivity contribution is 5.95. The number of carbonyl (C=O) groups is 1. The summed E-state index contributed by atoms with van der Waals surface area (Å²) in [6, 6.07) is 8.84. The molecule has 0 aliphatic carbocycles. The van der Waals surface area contributed by atoms with Crippen molar-refractivity contribution in [2.75, 3.05) is 0 Å². The minimum atomic E-state index is -5.84. The molecule has 0 aliphatic rings. The zero-order valence-corrected chi connectivity index (χ0v) is 15.5. The van der Waals surface area contributed by atoms with Gasteiger partial charge in [0, 0.05) is 16.0 Å². The standard InChI is InChI=1S/C18H11F5N6O2/c1-10-8-11(16(30)26-28-24)2-7-14(10)15-25-9-29(27-15)12-3-5-13(6-4-12)31-18(22,23)17(19,20)21/h2-9H,1H3. The van der Waals surface area contributed by atoms with Crippen LogP contribution < -0.4 is 4.74 Å². The molecule has 0 radical (unpaired) electrons. The Morgan fingerprint density at radius 2 is 1.81 bits per heavy atom. The van der Waals surface area contributed by atoms with Gasteiger partial charge in [0.05, 0.1) is 5.69 Å². The van der Waals surface area contributed by atoms with Gasteiger partial charge in [-0.05, 0) is 53.5 Å². The van der Waals surface area contributed by atoms with Crippen LogP contribution in [0, 0.1) is 6.92 Å². The Morgan fingerprint density at radius 1 is 1.13 bits per heavy atom. The first-order chi connectivity index (χ1) is 14.5. The molecule has 0 spiro atoms. The molecular formula is C18H11F5N6O2. The van der Waals surface area contributed by atoms with Crippen molar-refractivity contribution in [3.05, 3.63) is 70.4 Å². The third-order valence-electron chi connectivity index (χ3n) is 4.02. The van der Waals surface area contributed by atoms with Crippen molar-refractivity contribution in [3.8, 4) is 22.8 Å². The van der Waals surface area contributed by atoms with E-state index in [-0.39, 0.29) is 11.4 Å². The highest BCUT2D eigenvalue weighted by Gasteiger charge is 2.61. The average Bonchev–Trinajstić information content (AvgIpc) is 3.17. The smallest absolute Gasteiger partial charge is 0.426 e. The zero-order chi connectivity index (χ0) is 22.8. The third kappa shape index (κ3) is 4.61. The molecule has 8 nitrogen and oxygen atoms in total. The van der Waals surface area contributed by atoms with Crippen LogP contribution in [0.5, 0.6) is 5.75 Å². The zero-order valence-electron chi connectivity index (χ0n) is 15.5. The normalized spacial score (nSPS) is 11.7. The molecule has 0 atom stereocenters. The molecule has 0 unspecified atom stereocenters. The largest absolute Gasteiger partial charge is 0.499 e. The van der Waals surface area contributed by atoms with Gasteiger partial charge in [-0.25, -0.2) is 9.67 Å². The summed E-state index contributed by atoms with van der Waals surface area (Å²) >= 11 is 0. The second kappa shape index (κ2) is 8.03. The summed E-state index contributed by atoms with van der Waals surface area (Å²) in [7, 11) is 0. The number of rotatable bonds is 5. The van der Waals surface area contributed by atoms with Crippen molar-refractivity contribution in [1.82, 2.24) is 14.8 Å². The van der Waals surface area contributed by atoms with E-state index in [0.717, 1.165) is 12.1 Å². The number of nitrogens with zero attached hydrogens (tertiary/aromatic N) is 6. The van der Waals surface area contributed by atoms with Gasteiger partial charge in [0.2, 0.25) is 5.91 Å². The predicted octanol–water partition coefficient (Wildman–Crippen LogP) is 5.23. The molecule has 13 heteroatoms. The molecule has 1 aromatic heterocycles. The molecule has 0 N–H and O–H groups in total. The average molecular weight is 438 g/mol. The van der Waals surface area contributed by atoms with E-state index in [1.807, 2.05) is 0 Å². The van der Waals surface area contributed by atoms with Crippen LogP contribution in [-0.2, 0) is 0 Å². The number of amides is 1. The van der Waals surface area contributed by atoms with Crippen molar-refractivity contribution >= 4 is 5.91 Å². The molecule has 1 amide bonds. The monoisotopic (exact) mass is 438 g/mol. The van der Waals surface area contributed by atoms with Crippen molar-refractivity contribution in [1.29, 1.82) is 0 Å². The van der Waals surface area contributed by atoms with Crippen LogP contribution in [0.15, 0.2) is 53.9 Å². The number of aromatic nitrogens is 3. The van der Waals surface area contributed by atoms with Gasteiger partial charge in [-0.1, -0.05) is 12.1 Å². The molecule has 3 aromatic rings. The number of carbonyl (C=O) groups excluding carboxylic acids is 1. The number of benzene rings is 2. The maximum absolute atomic E-state index is 13.0. The summed E-state index contributed by atoms with van der Waals surface area (Å²) in [5.41, 5.74) is 10.0. The summed E-state index contributed by atoms with van der Waals surface area (Å²) in [5, 5.41) is 7.25. The molecule has 1 heterocycles. The van der Waals surface area contributed by atoms with Gasteiger partial charge in [0.25, 0.3) is 0 Å². The molecule has 0 bridgehead atoms. The number of hydrogen-bond donors (Lipinski definition) is 0. The Morgan fingerprint density at radius 3 is 2.39 bits per heavy atom. The maximum atomic E-state index is 13.0. The van der Waals surface area contributed by atoms with Gasteiger partial charge >= 0.3 is 12.3 Å². The minimum Gasteiger partial charge on any atom is -0.426 e. The van der Waals surface area contributed by atoms with Gasteiger partial charge < -0.3 is 4.74 Å². The van der Waals surface area contributed by atoms with Crippen LogP contribution >= 0.6 is 0 Å². The molecule has 160 valence electrons. The number of aryl methyl sites for hydroxylation is 1. The third-order valence-corrected chi connectivity index (χ3v) is 4.02. The van der Waals surface area contributed by atoms with Crippen molar-refractivity contribution < 1.29 is 31.5 Å². The van der Waals surface area contributed by atoms with E-state index < -0.39 is 23.9 Å². The summed E-state index contributed by atoms with van der Waals surface area (Å²) in [4.78, 5) is 18.2. The Balaban J connectivity index is 1.81. The summed E-state index contributed by atoms with van der Waals surface area (Å²) in [5.74, 6) is -1.15. The fourth-order valence-corrected chi connectivity index (χ4v) is 2.53. The first-order valence-electron chi connectivity index (χ1n) is 8.38. The number of halogens is 5. The topological polar surface area (TPSA) is 106 Å². The van der Waals surface area contributed by atoms with Crippen LogP contribution in [0.2, 0.25) is 0 Å². The highest BCUT2D eigenvalue weighted by atomic mass is 19.4. The van der Waals surface area contributed by atoms with E-state index in [1.165, 1.54) is 35.3 Å². The number of azide groups is 1. The summed E-state index contributed by atoms with van der Waals surface area (Å²) < 4.78 is 67.6. The van der Waals surface area contributed by atoms with Crippen LogP contribution in [0.25, 0.3) is 27.5 Å². The molecule has 0 fully saturated rings. The van der Waals surface area contributed by atoms with Gasteiger partial charge in [-0.15, -0.1) is 5.10 Å². The second-order valence-electron chi connectivity index (χ2n) is 6.15. The Bertz CT molecular complexity index is 1170. The SMILES string of the molecule is Cc1cc(C(=O)N=[N+]=[N-])ccc1-c1ncn(-c2ccc(OC(F)(F)C(F)(F)F)cc2)n1. The quantitative estimate of drug-likeness (QED) is 0.235. The lowest BCUT2D eigenvalue weighted by Crippen LogP contribution is -2.41. The van der Waals surface area contributed by atoms with Gasteiger partial charge in [-0.2, -0.15) is 22.0 Å². The summed E-state index contributed by atoms with van der Waals surface area (Å²) in [6.07, 6.45) is -9.85. The first-order valence-corrected chi connectivity index (χ1v) is 8.38. The van der Waals surface area contributed by atoms with Crippen LogP contribution in [-0.4, -0.2) is 33.0 Å². The highest BCUT2D eigenvalue weighted by Crippen LogP contribution is 2.37. The van der Waals surface area contributed by atoms with Crippen LogP contribution in [0.3, 0.4) is 0 Å². The van der Waals surface area contributed by atoms with Gasteiger partial charge in [-0.3, -0.25) is 4.79 Å². The molecule has 0 saturated carbocycles. The fraction of sp³-hybridized carbons (Fsp3) is 0.167. The first kappa shape index (κ1) is 21.7. The van der Waals surface area contributed by atoms with Crippen molar-refractivity contribution in [3.63, 3.8) is 0 Å². The van der Waals surface area contributed by atoms with E-state index in [9.17, 15) is 26.7 Å². The molecular weight excluding hydrogens is 427 g/mol. The Kier molecular flexibility index (Phi) is 5.62. The number of alkyl halides is 5. The Hall–Kier alpha value is -3.99.